The number of likely N-dealkylation sites (tertiary alicyclic amines) is 1. The largest absolute Gasteiger partial charge is 0.356 e. The predicted octanol–water partition coefficient (Wildman–Crippen LogP) is 2.08. The van der Waals surface area contributed by atoms with Crippen molar-refractivity contribution in [3.8, 4) is 0 Å². The van der Waals surface area contributed by atoms with Crippen molar-refractivity contribution < 1.29 is 10.6 Å². The van der Waals surface area contributed by atoms with Crippen LogP contribution in [0.1, 0.15) is 35.0 Å². The highest BCUT2D eigenvalue weighted by atomic mass is 19.1. The SMILES string of the molecule is CCNC(=O)C(C)C.FCCN1CCCC1.[HH]. The zero-order chi connectivity index (χ0) is 12.4. The van der Waals surface area contributed by atoms with Gasteiger partial charge in [-0.05, 0) is 32.9 Å². The number of amides is 1. The van der Waals surface area contributed by atoms with Crippen LogP contribution < -0.4 is 5.32 Å². The molecule has 3 nitrogen and oxygen atoms in total. The molecule has 0 aromatic heterocycles. The van der Waals surface area contributed by atoms with Gasteiger partial charge in [0, 0.05) is 20.4 Å². The van der Waals surface area contributed by atoms with Gasteiger partial charge in [0.25, 0.3) is 0 Å². The molecule has 1 aliphatic heterocycles. The van der Waals surface area contributed by atoms with E-state index in [0.717, 1.165) is 19.6 Å². The Morgan fingerprint density at radius 2 is 2.00 bits per heavy atom. The summed E-state index contributed by atoms with van der Waals surface area (Å²) in [4.78, 5) is 12.8. The Morgan fingerprint density at radius 3 is 2.31 bits per heavy atom. The van der Waals surface area contributed by atoms with Crippen molar-refractivity contribution >= 4 is 5.91 Å². The minimum Gasteiger partial charge on any atom is -0.356 e. The molecule has 0 saturated carbocycles. The molecule has 1 aliphatic rings. The zero-order valence-corrected chi connectivity index (χ0v) is 10.8. The van der Waals surface area contributed by atoms with Gasteiger partial charge in [-0.2, -0.15) is 0 Å². The normalized spacial score (nSPS) is 15.8. The summed E-state index contributed by atoms with van der Waals surface area (Å²) in [5.41, 5.74) is 0. The number of hydrogen-bond donors (Lipinski definition) is 1. The number of hydrogen-bond acceptors (Lipinski definition) is 2. The molecule has 0 radical (unpaired) electrons. The molecule has 0 aliphatic carbocycles. The van der Waals surface area contributed by atoms with Crippen LogP contribution in [0.3, 0.4) is 0 Å². The summed E-state index contributed by atoms with van der Waals surface area (Å²) < 4.78 is 11.6. The van der Waals surface area contributed by atoms with Gasteiger partial charge >= 0.3 is 0 Å². The van der Waals surface area contributed by atoms with Gasteiger partial charge in [-0.1, -0.05) is 13.8 Å². The first-order chi connectivity index (χ1) is 7.61. The monoisotopic (exact) mass is 234 g/mol. The fourth-order valence-electron chi connectivity index (χ4n) is 1.50. The molecule has 0 atom stereocenters. The second-order valence-electron chi connectivity index (χ2n) is 4.29. The van der Waals surface area contributed by atoms with Crippen LogP contribution in [0.4, 0.5) is 4.39 Å². The molecule has 1 amide bonds. The first-order valence-electron chi connectivity index (χ1n) is 6.17. The van der Waals surface area contributed by atoms with Crippen molar-refractivity contribution in [3.05, 3.63) is 0 Å². The van der Waals surface area contributed by atoms with Crippen LogP contribution in [0, 0.1) is 5.92 Å². The van der Waals surface area contributed by atoms with Crippen molar-refractivity contribution in [2.24, 2.45) is 5.92 Å². The van der Waals surface area contributed by atoms with E-state index >= 15 is 0 Å². The van der Waals surface area contributed by atoms with E-state index in [1.54, 1.807) is 0 Å². The van der Waals surface area contributed by atoms with E-state index in [2.05, 4.69) is 10.2 Å². The number of nitrogens with zero attached hydrogens (tertiary/aromatic N) is 1. The van der Waals surface area contributed by atoms with E-state index in [1.165, 1.54) is 12.8 Å². The quantitative estimate of drug-likeness (QED) is 0.807. The van der Waals surface area contributed by atoms with Crippen LogP contribution in [-0.4, -0.2) is 43.7 Å². The minimum atomic E-state index is -0.181. The first kappa shape index (κ1) is 15.4. The van der Waals surface area contributed by atoms with Crippen LogP contribution >= 0.6 is 0 Å². The molecule has 0 bridgehead atoms. The summed E-state index contributed by atoms with van der Waals surface area (Å²) >= 11 is 0. The lowest BCUT2D eigenvalue weighted by Gasteiger charge is -2.09. The predicted molar refractivity (Wildman–Crippen MR) is 67.3 cm³/mol. The van der Waals surface area contributed by atoms with Crippen molar-refractivity contribution in [2.75, 3.05) is 32.9 Å². The lowest BCUT2D eigenvalue weighted by molar-refractivity contribution is -0.123. The molecule has 1 N–H and O–H groups in total. The molecular weight excluding hydrogens is 207 g/mol. The highest BCUT2D eigenvalue weighted by Gasteiger charge is 2.09. The van der Waals surface area contributed by atoms with E-state index in [4.69, 9.17) is 0 Å². The summed E-state index contributed by atoms with van der Waals surface area (Å²) in [7, 11) is 0. The Bertz CT molecular complexity index is 185. The summed E-state index contributed by atoms with van der Waals surface area (Å²) in [5.74, 6) is 0.252. The third kappa shape index (κ3) is 7.63. The molecule has 1 fully saturated rings. The summed E-state index contributed by atoms with van der Waals surface area (Å²) in [5, 5.41) is 2.71. The van der Waals surface area contributed by atoms with E-state index < -0.39 is 0 Å². The van der Waals surface area contributed by atoms with E-state index in [9.17, 15) is 9.18 Å². The van der Waals surface area contributed by atoms with Crippen molar-refractivity contribution in [2.45, 2.75) is 33.6 Å². The first-order valence-corrected chi connectivity index (χ1v) is 6.17. The summed E-state index contributed by atoms with van der Waals surface area (Å²) in [6, 6.07) is 0. The van der Waals surface area contributed by atoms with Gasteiger partial charge in [0.2, 0.25) is 5.91 Å². The van der Waals surface area contributed by atoms with Crippen LogP contribution in [0.15, 0.2) is 0 Å². The number of rotatable bonds is 4. The van der Waals surface area contributed by atoms with Crippen LogP contribution in [0.25, 0.3) is 0 Å². The molecule has 0 aromatic rings. The molecule has 16 heavy (non-hydrogen) atoms. The second kappa shape index (κ2) is 9.58. The Kier molecular flexibility index (Phi) is 9.19. The maximum atomic E-state index is 11.6. The van der Waals surface area contributed by atoms with Gasteiger partial charge in [-0.15, -0.1) is 0 Å². The molecule has 4 heteroatoms. The van der Waals surface area contributed by atoms with E-state index in [-0.39, 0.29) is 19.9 Å². The van der Waals surface area contributed by atoms with Crippen LogP contribution in [0.5, 0.6) is 0 Å². The van der Waals surface area contributed by atoms with Gasteiger partial charge in [0.05, 0.1) is 0 Å². The Hall–Kier alpha value is -0.640. The van der Waals surface area contributed by atoms with Gasteiger partial charge in [-0.3, -0.25) is 4.79 Å². The number of carbonyl (C=O) groups is 1. The van der Waals surface area contributed by atoms with Crippen LogP contribution in [0.2, 0.25) is 0 Å². The zero-order valence-electron chi connectivity index (χ0n) is 10.8. The molecular formula is C12H27FN2O. The van der Waals surface area contributed by atoms with Crippen molar-refractivity contribution in [1.29, 1.82) is 0 Å². The average Bonchev–Trinajstić information content (AvgIpc) is 2.72. The molecule has 0 spiro atoms. The molecule has 1 saturated heterocycles. The van der Waals surface area contributed by atoms with E-state index in [0.29, 0.717) is 6.54 Å². The third-order valence-electron chi connectivity index (χ3n) is 2.47. The van der Waals surface area contributed by atoms with Crippen molar-refractivity contribution in [1.82, 2.24) is 10.2 Å². The molecule has 98 valence electrons. The van der Waals surface area contributed by atoms with Crippen molar-refractivity contribution in [3.63, 3.8) is 0 Å². The van der Waals surface area contributed by atoms with Gasteiger partial charge in [-0.25, -0.2) is 4.39 Å². The maximum Gasteiger partial charge on any atom is 0.222 e. The Labute approximate surface area is 99.9 Å². The van der Waals surface area contributed by atoms with Crippen LogP contribution in [-0.2, 0) is 4.79 Å². The molecule has 0 unspecified atom stereocenters. The highest BCUT2D eigenvalue weighted by Crippen LogP contribution is 2.05. The summed E-state index contributed by atoms with van der Waals surface area (Å²) in [6.45, 7) is 9.11. The Balaban J connectivity index is 0. The molecule has 1 heterocycles. The standard InChI is InChI=1S/C6H12FN.C6H13NO.H2/c7-3-6-8-4-1-2-5-8;1-4-7-6(8)5(2)3;/h1-6H2;5H,4H2,1-3H3,(H,7,8);1H. The lowest BCUT2D eigenvalue weighted by Crippen LogP contribution is -2.26. The second-order valence-corrected chi connectivity index (χ2v) is 4.29. The topological polar surface area (TPSA) is 32.3 Å². The molecule has 1 rings (SSSR count). The van der Waals surface area contributed by atoms with Gasteiger partial charge in [0.1, 0.15) is 6.67 Å². The number of nitrogens with one attached hydrogen (secondary N) is 1. The third-order valence-corrected chi connectivity index (χ3v) is 2.47. The molecule has 0 aromatic carbocycles. The Morgan fingerprint density at radius 1 is 1.44 bits per heavy atom. The number of alkyl halides is 1. The minimum absolute atomic E-state index is 0. The van der Waals surface area contributed by atoms with E-state index in [1.807, 2.05) is 20.8 Å². The lowest BCUT2D eigenvalue weighted by atomic mass is 10.2. The van der Waals surface area contributed by atoms with Gasteiger partial charge < -0.3 is 10.2 Å². The van der Waals surface area contributed by atoms with Gasteiger partial charge in [0.15, 0.2) is 0 Å². The average molecular weight is 234 g/mol. The number of carbonyl (C=O) groups excluding carboxylic acids is 1. The smallest absolute Gasteiger partial charge is 0.222 e. The fraction of sp³-hybridized carbons (Fsp3) is 0.917. The fourth-order valence-corrected chi connectivity index (χ4v) is 1.50. The summed E-state index contributed by atoms with van der Waals surface area (Å²) in [6.07, 6.45) is 2.53. The number of halogens is 1. The maximum absolute atomic E-state index is 11.6. The highest BCUT2D eigenvalue weighted by molar-refractivity contribution is 5.77.